The summed E-state index contributed by atoms with van der Waals surface area (Å²) in [5.74, 6) is -0.933. The van der Waals surface area contributed by atoms with Gasteiger partial charge in [-0.2, -0.15) is 0 Å². The van der Waals surface area contributed by atoms with Crippen molar-refractivity contribution in [3.05, 3.63) is 85.1 Å². The van der Waals surface area contributed by atoms with Gasteiger partial charge in [-0.25, -0.2) is 0 Å². The molecule has 414 valence electrons. The highest BCUT2D eigenvalue weighted by atomic mass is 16.6. The first kappa shape index (κ1) is 68.6. The molecule has 0 aliphatic carbocycles. The third kappa shape index (κ3) is 57.5. The summed E-state index contributed by atoms with van der Waals surface area (Å²) >= 11 is 0. The summed E-state index contributed by atoms with van der Waals surface area (Å²) in [6.07, 6.45) is 78.9. The minimum atomic E-state index is -0.797. The van der Waals surface area contributed by atoms with Crippen molar-refractivity contribution in [1.82, 2.24) is 0 Å². The van der Waals surface area contributed by atoms with Crippen molar-refractivity contribution < 1.29 is 28.6 Å². The highest BCUT2D eigenvalue weighted by Gasteiger charge is 2.19. The number of carbonyl (C=O) groups is 3. The molecule has 0 heterocycles. The van der Waals surface area contributed by atoms with E-state index >= 15 is 0 Å². The van der Waals surface area contributed by atoms with Gasteiger partial charge in [0.25, 0.3) is 0 Å². The molecule has 0 aliphatic rings. The number of ether oxygens (including phenoxy) is 3. The summed E-state index contributed by atoms with van der Waals surface area (Å²) in [7, 11) is 0. The van der Waals surface area contributed by atoms with Crippen molar-refractivity contribution in [3.63, 3.8) is 0 Å². The SMILES string of the molecule is CC/C=C\C/C=C\C/C=C\C/C=C\C/C=C\C/C=C\CCCCC(=O)OC(COC(=O)CCCCCCCCCC)COC(=O)CCCCCCCCCCCCCCC/C=C\CCCCCCCCCC. The van der Waals surface area contributed by atoms with E-state index in [0.717, 1.165) is 89.9 Å². The second-order valence-electron chi connectivity index (χ2n) is 20.2. The van der Waals surface area contributed by atoms with E-state index in [-0.39, 0.29) is 37.5 Å². The zero-order valence-corrected chi connectivity index (χ0v) is 47.4. The number of esters is 3. The van der Waals surface area contributed by atoms with Gasteiger partial charge in [0.2, 0.25) is 0 Å². The van der Waals surface area contributed by atoms with Crippen molar-refractivity contribution in [2.24, 2.45) is 0 Å². The molecule has 0 bridgehead atoms. The van der Waals surface area contributed by atoms with Crippen LogP contribution in [0.15, 0.2) is 85.1 Å². The van der Waals surface area contributed by atoms with Crippen LogP contribution in [0, 0.1) is 0 Å². The maximum atomic E-state index is 12.8. The van der Waals surface area contributed by atoms with E-state index in [9.17, 15) is 14.4 Å². The van der Waals surface area contributed by atoms with Gasteiger partial charge in [0.1, 0.15) is 13.2 Å². The quantitative estimate of drug-likeness (QED) is 0.0261. The first-order valence-electron chi connectivity index (χ1n) is 30.6. The normalized spacial score (nSPS) is 12.7. The number of hydrogen-bond acceptors (Lipinski definition) is 6. The lowest BCUT2D eigenvalue weighted by Crippen LogP contribution is -2.30. The van der Waals surface area contributed by atoms with Gasteiger partial charge in [-0.1, -0.05) is 266 Å². The summed E-state index contributed by atoms with van der Waals surface area (Å²) in [5.41, 5.74) is 0. The van der Waals surface area contributed by atoms with E-state index < -0.39 is 6.10 Å². The molecule has 6 nitrogen and oxygen atoms in total. The molecule has 1 atom stereocenters. The minimum Gasteiger partial charge on any atom is -0.462 e. The fourth-order valence-electron chi connectivity index (χ4n) is 8.56. The molecular formula is C66H114O6. The first-order valence-corrected chi connectivity index (χ1v) is 30.6. The Morgan fingerprint density at radius 1 is 0.292 bits per heavy atom. The lowest BCUT2D eigenvalue weighted by molar-refractivity contribution is -0.167. The van der Waals surface area contributed by atoms with Gasteiger partial charge < -0.3 is 14.2 Å². The van der Waals surface area contributed by atoms with Crippen LogP contribution >= 0.6 is 0 Å². The fraction of sp³-hybridized carbons (Fsp3) is 0.742. The summed E-state index contributed by atoms with van der Waals surface area (Å²) < 4.78 is 16.8. The van der Waals surface area contributed by atoms with Gasteiger partial charge in [0.05, 0.1) is 0 Å². The van der Waals surface area contributed by atoms with E-state index in [1.165, 1.54) is 161 Å². The summed E-state index contributed by atoms with van der Waals surface area (Å²) in [6.45, 7) is 6.48. The predicted molar refractivity (Wildman–Crippen MR) is 311 cm³/mol. The molecule has 1 unspecified atom stereocenters. The molecule has 0 radical (unpaired) electrons. The largest absolute Gasteiger partial charge is 0.462 e. The summed E-state index contributed by atoms with van der Waals surface area (Å²) in [5, 5.41) is 0. The van der Waals surface area contributed by atoms with E-state index in [2.05, 4.69) is 106 Å². The molecule has 0 aromatic carbocycles. The third-order valence-corrected chi connectivity index (χ3v) is 13.1. The topological polar surface area (TPSA) is 78.9 Å². The number of carbonyl (C=O) groups excluding carboxylic acids is 3. The van der Waals surface area contributed by atoms with Gasteiger partial charge in [-0.3, -0.25) is 14.4 Å². The Morgan fingerprint density at radius 2 is 0.542 bits per heavy atom. The molecule has 72 heavy (non-hydrogen) atoms. The highest BCUT2D eigenvalue weighted by Crippen LogP contribution is 2.16. The van der Waals surface area contributed by atoms with Gasteiger partial charge >= 0.3 is 17.9 Å². The van der Waals surface area contributed by atoms with Gasteiger partial charge in [-0.05, 0) is 96.3 Å². The standard InChI is InChI=1S/C66H114O6/c1-4-7-10-13-16-19-21-23-25-27-29-31-32-33-34-36-37-39-41-43-45-47-50-53-56-59-65(68)71-62-63(61-70-64(67)58-55-52-49-18-15-12-9-6-3)72-66(69)60-57-54-51-48-46-44-42-40-38-35-30-28-26-24-22-20-17-14-11-8-5-2/h8,11,17,20,24,26-27,29-30,35,40,42,46,48,63H,4-7,9-10,12-16,18-19,21-23,25,28,31-34,36-39,41,43-45,47,49-62H2,1-3H3/b11-8-,20-17-,26-24-,29-27-,35-30-,42-40-,48-46-. The van der Waals surface area contributed by atoms with Crippen molar-refractivity contribution in [2.45, 2.75) is 303 Å². The van der Waals surface area contributed by atoms with Crippen LogP contribution in [-0.2, 0) is 28.6 Å². The Kier molecular flexibility index (Phi) is 57.3. The van der Waals surface area contributed by atoms with Crippen LogP contribution < -0.4 is 0 Å². The highest BCUT2D eigenvalue weighted by molar-refractivity contribution is 5.71. The molecule has 6 heteroatoms. The second-order valence-corrected chi connectivity index (χ2v) is 20.2. The molecule has 0 aromatic heterocycles. The summed E-state index contributed by atoms with van der Waals surface area (Å²) in [4.78, 5) is 38.1. The molecule has 0 N–H and O–H groups in total. The molecule has 0 saturated heterocycles. The maximum absolute atomic E-state index is 12.8. The molecule has 0 rings (SSSR count). The van der Waals surface area contributed by atoms with E-state index in [4.69, 9.17) is 14.2 Å². The molecule has 0 amide bonds. The van der Waals surface area contributed by atoms with Crippen molar-refractivity contribution in [2.75, 3.05) is 13.2 Å². The van der Waals surface area contributed by atoms with Gasteiger partial charge in [-0.15, -0.1) is 0 Å². The number of allylic oxidation sites excluding steroid dienone is 14. The molecule has 0 fully saturated rings. The van der Waals surface area contributed by atoms with Gasteiger partial charge in [0, 0.05) is 19.3 Å². The van der Waals surface area contributed by atoms with Crippen LogP contribution in [0.5, 0.6) is 0 Å². The monoisotopic (exact) mass is 1000 g/mol. The summed E-state index contributed by atoms with van der Waals surface area (Å²) in [6, 6.07) is 0. The van der Waals surface area contributed by atoms with E-state index in [0.29, 0.717) is 19.3 Å². The first-order chi connectivity index (χ1) is 35.5. The molecular weight excluding hydrogens is 889 g/mol. The Balaban J connectivity index is 4.25. The number of rotatable bonds is 55. The lowest BCUT2D eigenvalue weighted by atomic mass is 10.0. The van der Waals surface area contributed by atoms with Crippen LogP contribution in [0.2, 0.25) is 0 Å². The lowest BCUT2D eigenvalue weighted by Gasteiger charge is -2.18. The number of unbranched alkanes of at least 4 members (excludes halogenated alkanes) is 30. The zero-order valence-electron chi connectivity index (χ0n) is 47.4. The van der Waals surface area contributed by atoms with Crippen LogP contribution in [0.4, 0.5) is 0 Å². The molecule has 0 spiro atoms. The Hall–Kier alpha value is -3.41. The number of hydrogen-bond donors (Lipinski definition) is 0. The Bertz CT molecular complexity index is 1380. The fourth-order valence-corrected chi connectivity index (χ4v) is 8.56. The van der Waals surface area contributed by atoms with Crippen LogP contribution in [0.25, 0.3) is 0 Å². The average molecular weight is 1000 g/mol. The second kappa shape index (κ2) is 60.1. The van der Waals surface area contributed by atoms with Crippen LogP contribution in [0.3, 0.4) is 0 Å². The van der Waals surface area contributed by atoms with Crippen LogP contribution in [-0.4, -0.2) is 37.2 Å². The van der Waals surface area contributed by atoms with Crippen molar-refractivity contribution in [3.8, 4) is 0 Å². The van der Waals surface area contributed by atoms with E-state index in [1.54, 1.807) is 0 Å². The van der Waals surface area contributed by atoms with E-state index in [1.807, 2.05) is 0 Å². The average Bonchev–Trinajstić information content (AvgIpc) is 3.38. The minimum absolute atomic E-state index is 0.0923. The van der Waals surface area contributed by atoms with Gasteiger partial charge in [0.15, 0.2) is 6.10 Å². The Labute approximate surface area is 445 Å². The Morgan fingerprint density at radius 3 is 0.889 bits per heavy atom. The smallest absolute Gasteiger partial charge is 0.306 e. The van der Waals surface area contributed by atoms with Crippen molar-refractivity contribution >= 4 is 17.9 Å². The van der Waals surface area contributed by atoms with Crippen LogP contribution in [0.1, 0.15) is 297 Å². The predicted octanol–water partition coefficient (Wildman–Crippen LogP) is 20.7. The maximum Gasteiger partial charge on any atom is 0.306 e. The third-order valence-electron chi connectivity index (χ3n) is 13.1. The van der Waals surface area contributed by atoms with Crippen molar-refractivity contribution in [1.29, 1.82) is 0 Å². The molecule has 0 aliphatic heterocycles. The zero-order chi connectivity index (χ0) is 52.2. The molecule has 0 saturated carbocycles. The molecule has 0 aromatic rings.